The molecule has 36 heavy (non-hydrogen) atoms. The standard InChI is InChI=1S/C32H18N4/c33-19-21-13-14-32-28(17-21)27-9-3-6-12-31(27)36(32)24-16-22(20-34)15-23(18-24)35-29-10-4-1-7-25(29)26-8-2-5-11-30(26)35/h1-18H. The Morgan fingerprint density at radius 3 is 1.36 bits per heavy atom. The molecule has 2 aromatic heterocycles. The van der Waals surface area contributed by atoms with E-state index in [2.05, 4.69) is 75.9 Å². The van der Waals surface area contributed by atoms with Gasteiger partial charge in [0.05, 0.1) is 45.3 Å². The van der Waals surface area contributed by atoms with Crippen molar-refractivity contribution >= 4 is 43.6 Å². The maximum atomic E-state index is 10.00. The normalized spacial score (nSPS) is 11.3. The van der Waals surface area contributed by atoms with Crippen LogP contribution >= 0.6 is 0 Å². The molecular weight excluding hydrogens is 440 g/mol. The first-order valence-corrected chi connectivity index (χ1v) is 11.7. The van der Waals surface area contributed by atoms with E-state index in [1.54, 1.807) is 0 Å². The summed E-state index contributed by atoms with van der Waals surface area (Å²) in [5.74, 6) is 0. The van der Waals surface area contributed by atoms with Crippen LogP contribution in [0.1, 0.15) is 11.1 Å². The Morgan fingerprint density at radius 1 is 0.417 bits per heavy atom. The third kappa shape index (κ3) is 2.79. The Morgan fingerprint density at radius 2 is 0.861 bits per heavy atom. The predicted molar refractivity (Wildman–Crippen MR) is 145 cm³/mol. The van der Waals surface area contributed by atoms with Crippen LogP contribution in [0, 0.1) is 22.7 Å². The number of hydrogen-bond donors (Lipinski definition) is 0. The highest BCUT2D eigenvalue weighted by Gasteiger charge is 2.16. The molecule has 0 aliphatic heterocycles. The number of nitrogens with zero attached hydrogens (tertiary/aromatic N) is 4. The van der Waals surface area contributed by atoms with Gasteiger partial charge in [0.2, 0.25) is 0 Å². The highest BCUT2D eigenvalue weighted by molar-refractivity contribution is 6.10. The van der Waals surface area contributed by atoms with Crippen molar-refractivity contribution in [1.82, 2.24) is 9.13 Å². The van der Waals surface area contributed by atoms with Crippen LogP contribution in [-0.4, -0.2) is 9.13 Å². The lowest BCUT2D eigenvalue weighted by atomic mass is 10.1. The summed E-state index contributed by atoms with van der Waals surface area (Å²) < 4.78 is 4.42. The summed E-state index contributed by atoms with van der Waals surface area (Å²) in [6.07, 6.45) is 0. The Labute approximate surface area is 207 Å². The predicted octanol–water partition coefficient (Wildman–Crippen LogP) is 7.62. The molecule has 7 aromatic rings. The van der Waals surface area contributed by atoms with Gasteiger partial charge in [0.1, 0.15) is 0 Å². The molecule has 0 aliphatic carbocycles. The number of benzene rings is 5. The van der Waals surface area contributed by atoms with Gasteiger partial charge in [-0.15, -0.1) is 0 Å². The summed E-state index contributed by atoms with van der Waals surface area (Å²) in [5.41, 5.74) is 7.28. The van der Waals surface area contributed by atoms with Crippen LogP contribution in [0.2, 0.25) is 0 Å². The second kappa shape index (κ2) is 7.60. The van der Waals surface area contributed by atoms with E-state index < -0.39 is 0 Å². The Bertz CT molecular complexity index is 2020. The lowest BCUT2D eigenvalue weighted by molar-refractivity contribution is 1.13. The third-order valence-corrected chi connectivity index (χ3v) is 6.93. The first kappa shape index (κ1) is 20.1. The zero-order valence-corrected chi connectivity index (χ0v) is 19.2. The molecule has 0 saturated carbocycles. The van der Waals surface area contributed by atoms with Crippen molar-refractivity contribution in [3.8, 4) is 23.5 Å². The van der Waals surface area contributed by atoms with Gasteiger partial charge in [0, 0.05) is 32.9 Å². The largest absolute Gasteiger partial charge is 0.309 e. The van der Waals surface area contributed by atoms with Gasteiger partial charge < -0.3 is 9.13 Å². The molecule has 0 spiro atoms. The van der Waals surface area contributed by atoms with Gasteiger partial charge in [0.25, 0.3) is 0 Å². The van der Waals surface area contributed by atoms with Crippen LogP contribution in [0.15, 0.2) is 109 Å². The molecule has 4 heteroatoms. The number of hydrogen-bond acceptors (Lipinski definition) is 2. The maximum absolute atomic E-state index is 10.00. The number of aromatic nitrogens is 2. The molecule has 166 valence electrons. The van der Waals surface area contributed by atoms with Crippen molar-refractivity contribution in [2.75, 3.05) is 0 Å². The molecule has 2 heterocycles. The zero-order chi connectivity index (χ0) is 24.2. The number of fused-ring (bicyclic) bond motifs is 6. The van der Waals surface area contributed by atoms with E-state index in [9.17, 15) is 10.5 Å². The van der Waals surface area contributed by atoms with Crippen LogP contribution in [0.4, 0.5) is 0 Å². The second-order valence-electron chi connectivity index (χ2n) is 8.92. The third-order valence-electron chi connectivity index (χ3n) is 6.93. The molecule has 0 atom stereocenters. The molecule has 0 N–H and O–H groups in total. The van der Waals surface area contributed by atoms with Gasteiger partial charge in [0.15, 0.2) is 0 Å². The Kier molecular flexibility index (Phi) is 4.24. The molecule has 0 aliphatic rings. The van der Waals surface area contributed by atoms with Crippen molar-refractivity contribution in [2.24, 2.45) is 0 Å². The minimum atomic E-state index is 0.587. The highest BCUT2D eigenvalue weighted by Crippen LogP contribution is 2.36. The summed E-state index contributed by atoms with van der Waals surface area (Å²) in [6.45, 7) is 0. The van der Waals surface area contributed by atoms with Gasteiger partial charge in [-0.2, -0.15) is 10.5 Å². The quantitative estimate of drug-likeness (QED) is 0.267. The topological polar surface area (TPSA) is 57.4 Å². The number of nitriles is 2. The van der Waals surface area contributed by atoms with Crippen LogP contribution in [0.3, 0.4) is 0 Å². The van der Waals surface area contributed by atoms with Crippen LogP contribution in [0.5, 0.6) is 0 Å². The Hall–Kier alpha value is -5.32. The Balaban J connectivity index is 1.59. The molecule has 5 aromatic carbocycles. The van der Waals surface area contributed by atoms with E-state index in [-0.39, 0.29) is 0 Å². The molecule has 4 nitrogen and oxygen atoms in total. The van der Waals surface area contributed by atoms with E-state index in [0.717, 1.165) is 44.2 Å². The number of para-hydroxylation sites is 3. The van der Waals surface area contributed by atoms with Gasteiger partial charge >= 0.3 is 0 Å². The van der Waals surface area contributed by atoms with E-state index in [0.29, 0.717) is 11.1 Å². The molecule has 0 bridgehead atoms. The zero-order valence-electron chi connectivity index (χ0n) is 19.2. The minimum absolute atomic E-state index is 0.587. The smallest absolute Gasteiger partial charge is 0.0993 e. The van der Waals surface area contributed by atoms with E-state index in [1.165, 1.54) is 10.8 Å². The molecule has 0 amide bonds. The summed E-state index contributed by atoms with van der Waals surface area (Å²) in [7, 11) is 0. The van der Waals surface area contributed by atoms with Crippen molar-refractivity contribution in [2.45, 2.75) is 0 Å². The molecule has 0 saturated heterocycles. The van der Waals surface area contributed by atoms with Gasteiger partial charge in [-0.3, -0.25) is 0 Å². The molecule has 0 radical (unpaired) electrons. The van der Waals surface area contributed by atoms with Crippen molar-refractivity contribution in [3.05, 3.63) is 120 Å². The fraction of sp³-hybridized carbons (Fsp3) is 0. The van der Waals surface area contributed by atoms with E-state index in [1.807, 2.05) is 54.6 Å². The second-order valence-corrected chi connectivity index (χ2v) is 8.92. The first-order valence-electron chi connectivity index (χ1n) is 11.7. The van der Waals surface area contributed by atoms with Crippen LogP contribution in [-0.2, 0) is 0 Å². The fourth-order valence-corrected chi connectivity index (χ4v) is 5.44. The average Bonchev–Trinajstić information content (AvgIpc) is 3.45. The SMILES string of the molecule is N#Cc1cc(-n2c3ccccc3c3ccccc32)cc(-n2c3ccccc3c3cc(C#N)ccc32)c1. The average molecular weight is 459 g/mol. The van der Waals surface area contributed by atoms with Crippen molar-refractivity contribution in [3.63, 3.8) is 0 Å². The fourth-order valence-electron chi connectivity index (χ4n) is 5.44. The monoisotopic (exact) mass is 458 g/mol. The summed E-state index contributed by atoms with van der Waals surface area (Å²) in [4.78, 5) is 0. The maximum Gasteiger partial charge on any atom is 0.0993 e. The molecule has 0 unspecified atom stereocenters. The van der Waals surface area contributed by atoms with Crippen molar-refractivity contribution < 1.29 is 0 Å². The summed E-state index contributed by atoms with van der Waals surface area (Å²) >= 11 is 0. The van der Waals surface area contributed by atoms with Crippen LogP contribution in [0.25, 0.3) is 55.0 Å². The van der Waals surface area contributed by atoms with Crippen LogP contribution < -0.4 is 0 Å². The minimum Gasteiger partial charge on any atom is -0.309 e. The van der Waals surface area contributed by atoms with Gasteiger partial charge in [-0.1, -0.05) is 54.6 Å². The van der Waals surface area contributed by atoms with E-state index >= 15 is 0 Å². The molecule has 0 fully saturated rings. The summed E-state index contributed by atoms with van der Waals surface area (Å²) in [5, 5.41) is 23.9. The first-order chi connectivity index (χ1) is 17.8. The lowest BCUT2D eigenvalue weighted by Crippen LogP contribution is -2.00. The lowest BCUT2D eigenvalue weighted by Gasteiger charge is -2.13. The molecular formula is C32H18N4. The number of rotatable bonds is 2. The summed E-state index contributed by atoms with van der Waals surface area (Å²) in [6, 6.07) is 41.4. The molecule has 7 rings (SSSR count). The van der Waals surface area contributed by atoms with E-state index in [4.69, 9.17) is 0 Å². The van der Waals surface area contributed by atoms with Gasteiger partial charge in [-0.05, 0) is 54.6 Å². The van der Waals surface area contributed by atoms with Crippen molar-refractivity contribution in [1.29, 1.82) is 10.5 Å². The van der Waals surface area contributed by atoms with Gasteiger partial charge in [-0.25, -0.2) is 0 Å². The highest BCUT2D eigenvalue weighted by atomic mass is 15.0.